The minimum Gasteiger partial charge on any atom is -0.481 e. The lowest BCUT2D eigenvalue weighted by atomic mass is 10.0. The smallest absolute Gasteiger partial charge is 0.265 e. The van der Waals surface area contributed by atoms with E-state index in [2.05, 4.69) is 11.4 Å². The quantitative estimate of drug-likeness (QED) is 0.704. The third-order valence-corrected chi connectivity index (χ3v) is 4.17. The van der Waals surface area contributed by atoms with Crippen LogP contribution in [0.25, 0.3) is 11.1 Å². The molecule has 1 N–H and O–H groups in total. The van der Waals surface area contributed by atoms with Gasteiger partial charge in [0.25, 0.3) is 5.91 Å². The Morgan fingerprint density at radius 1 is 1.00 bits per heavy atom. The second-order valence-corrected chi connectivity index (χ2v) is 6.33. The fourth-order valence-corrected chi connectivity index (χ4v) is 2.69. The van der Waals surface area contributed by atoms with Crippen molar-refractivity contribution >= 4 is 11.6 Å². The van der Waals surface area contributed by atoms with Crippen molar-refractivity contribution in [3.63, 3.8) is 0 Å². The minimum absolute atomic E-state index is 0.197. The molecule has 3 aromatic rings. The van der Waals surface area contributed by atoms with Gasteiger partial charge in [0, 0.05) is 5.69 Å². The Hall–Kier alpha value is -3.58. The predicted octanol–water partition coefficient (Wildman–Crippen LogP) is 4.94. The van der Waals surface area contributed by atoms with Gasteiger partial charge in [-0.15, -0.1) is 0 Å². The molecule has 134 valence electrons. The molecule has 0 bridgehead atoms. The molecule has 0 spiro atoms. The SMILES string of the molecule is Cc1cccc(NC(=O)[C@@H](C)Oc2ccc(-c3ccc(C#N)cc3)cc2)c1. The lowest BCUT2D eigenvalue weighted by Crippen LogP contribution is -2.30. The van der Waals surface area contributed by atoms with Gasteiger partial charge in [-0.25, -0.2) is 0 Å². The number of carbonyl (C=O) groups is 1. The molecule has 0 radical (unpaired) electrons. The van der Waals surface area contributed by atoms with Crippen LogP contribution in [0.4, 0.5) is 5.69 Å². The Kier molecular flexibility index (Phi) is 5.53. The number of rotatable bonds is 5. The first-order valence-corrected chi connectivity index (χ1v) is 8.70. The number of hydrogen-bond donors (Lipinski definition) is 1. The number of nitriles is 1. The van der Waals surface area contributed by atoms with Crippen molar-refractivity contribution in [2.75, 3.05) is 5.32 Å². The highest BCUT2D eigenvalue weighted by Crippen LogP contribution is 2.23. The van der Waals surface area contributed by atoms with Gasteiger partial charge in [-0.2, -0.15) is 5.26 Å². The first-order chi connectivity index (χ1) is 13.0. The van der Waals surface area contributed by atoms with E-state index in [0.29, 0.717) is 11.3 Å². The van der Waals surface area contributed by atoms with Gasteiger partial charge in [-0.1, -0.05) is 36.4 Å². The van der Waals surface area contributed by atoms with Gasteiger partial charge in [-0.3, -0.25) is 4.79 Å². The normalized spacial score (nSPS) is 11.3. The number of nitrogens with one attached hydrogen (secondary N) is 1. The van der Waals surface area contributed by atoms with E-state index in [-0.39, 0.29) is 5.91 Å². The summed E-state index contributed by atoms with van der Waals surface area (Å²) in [7, 11) is 0. The standard InChI is InChI=1S/C23H20N2O2/c1-16-4-3-5-21(14-16)25-23(26)17(2)27-22-12-10-20(11-13-22)19-8-6-18(15-24)7-9-19/h3-14,17H,1-2H3,(H,25,26)/t17-/m1/s1. The third kappa shape index (κ3) is 4.74. The van der Waals surface area contributed by atoms with Crippen molar-refractivity contribution < 1.29 is 9.53 Å². The summed E-state index contributed by atoms with van der Waals surface area (Å²) in [5.41, 5.74) is 4.51. The zero-order chi connectivity index (χ0) is 19.2. The van der Waals surface area contributed by atoms with Crippen LogP contribution in [0.3, 0.4) is 0 Å². The summed E-state index contributed by atoms with van der Waals surface area (Å²) in [5, 5.41) is 11.7. The molecule has 0 aliphatic rings. The second-order valence-electron chi connectivity index (χ2n) is 6.33. The van der Waals surface area contributed by atoms with Crippen molar-refractivity contribution in [1.82, 2.24) is 0 Å². The molecule has 3 aromatic carbocycles. The van der Waals surface area contributed by atoms with Crippen LogP contribution in [-0.4, -0.2) is 12.0 Å². The summed E-state index contributed by atoms with van der Waals surface area (Å²) in [4.78, 5) is 12.3. The van der Waals surface area contributed by atoms with E-state index in [0.717, 1.165) is 22.4 Å². The highest BCUT2D eigenvalue weighted by molar-refractivity contribution is 5.94. The van der Waals surface area contributed by atoms with Crippen molar-refractivity contribution in [3.8, 4) is 22.9 Å². The Bertz CT molecular complexity index is 971. The largest absolute Gasteiger partial charge is 0.481 e. The fraction of sp³-hybridized carbons (Fsp3) is 0.130. The van der Waals surface area contributed by atoms with Crippen LogP contribution in [0.15, 0.2) is 72.8 Å². The fourth-order valence-electron chi connectivity index (χ4n) is 2.69. The van der Waals surface area contributed by atoms with Crippen molar-refractivity contribution in [3.05, 3.63) is 83.9 Å². The Morgan fingerprint density at radius 3 is 2.22 bits per heavy atom. The molecule has 27 heavy (non-hydrogen) atoms. The molecule has 0 unspecified atom stereocenters. The van der Waals surface area contributed by atoms with E-state index >= 15 is 0 Å². The molecule has 0 saturated carbocycles. The molecular weight excluding hydrogens is 336 g/mol. The monoisotopic (exact) mass is 356 g/mol. The first-order valence-electron chi connectivity index (χ1n) is 8.70. The van der Waals surface area contributed by atoms with Crippen LogP contribution in [0.1, 0.15) is 18.1 Å². The van der Waals surface area contributed by atoms with Crippen LogP contribution in [-0.2, 0) is 4.79 Å². The van der Waals surface area contributed by atoms with Gasteiger partial charge in [0.05, 0.1) is 11.6 Å². The Morgan fingerprint density at radius 2 is 1.63 bits per heavy atom. The van der Waals surface area contributed by atoms with Gasteiger partial charge in [0.2, 0.25) is 0 Å². The average Bonchev–Trinajstić information content (AvgIpc) is 2.68. The zero-order valence-corrected chi connectivity index (χ0v) is 15.3. The summed E-state index contributed by atoms with van der Waals surface area (Å²) < 4.78 is 5.75. The molecule has 4 nitrogen and oxygen atoms in total. The third-order valence-electron chi connectivity index (χ3n) is 4.17. The summed E-state index contributed by atoms with van der Waals surface area (Å²) in [6, 6.07) is 24.7. The molecule has 0 aliphatic carbocycles. The number of benzene rings is 3. The molecule has 1 atom stereocenters. The van der Waals surface area contributed by atoms with E-state index in [1.54, 1.807) is 19.1 Å². The van der Waals surface area contributed by atoms with Crippen molar-refractivity contribution in [2.24, 2.45) is 0 Å². The number of hydrogen-bond acceptors (Lipinski definition) is 3. The summed E-state index contributed by atoms with van der Waals surface area (Å²) >= 11 is 0. The lowest BCUT2D eigenvalue weighted by molar-refractivity contribution is -0.122. The average molecular weight is 356 g/mol. The molecular formula is C23H20N2O2. The molecule has 1 amide bonds. The maximum atomic E-state index is 12.3. The van der Waals surface area contributed by atoms with E-state index in [1.165, 1.54) is 0 Å². The van der Waals surface area contributed by atoms with Crippen LogP contribution in [0.5, 0.6) is 5.75 Å². The Balaban J connectivity index is 1.63. The summed E-state index contributed by atoms with van der Waals surface area (Å²) in [5.74, 6) is 0.427. The molecule has 0 heterocycles. The van der Waals surface area contributed by atoms with Crippen molar-refractivity contribution in [1.29, 1.82) is 5.26 Å². The lowest BCUT2D eigenvalue weighted by Gasteiger charge is -2.15. The molecule has 3 rings (SSSR count). The number of ether oxygens (including phenoxy) is 1. The van der Waals surface area contributed by atoms with E-state index < -0.39 is 6.10 Å². The number of carbonyl (C=O) groups excluding carboxylic acids is 1. The van der Waals surface area contributed by atoms with E-state index in [4.69, 9.17) is 10.00 Å². The molecule has 0 aromatic heterocycles. The number of anilines is 1. The summed E-state index contributed by atoms with van der Waals surface area (Å²) in [6.07, 6.45) is -0.619. The van der Waals surface area contributed by atoms with Gasteiger partial charge in [-0.05, 0) is 66.9 Å². The zero-order valence-electron chi connectivity index (χ0n) is 15.3. The maximum absolute atomic E-state index is 12.3. The van der Waals surface area contributed by atoms with Crippen LogP contribution in [0, 0.1) is 18.3 Å². The van der Waals surface area contributed by atoms with E-state index in [9.17, 15) is 4.79 Å². The summed E-state index contributed by atoms with van der Waals surface area (Å²) in [6.45, 7) is 3.70. The second kappa shape index (κ2) is 8.20. The van der Waals surface area contributed by atoms with Gasteiger partial charge in [0.15, 0.2) is 6.10 Å². The van der Waals surface area contributed by atoms with Crippen LogP contribution < -0.4 is 10.1 Å². The topological polar surface area (TPSA) is 62.1 Å². The first kappa shape index (κ1) is 18.2. The Labute approximate surface area is 159 Å². The minimum atomic E-state index is -0.619. The predicted molar refractivity (Wildman–Crippen MR) is 106 cm³/mol. The van der Waals surface area contributed by atoms with Gasteiger partial charge in [0.1, 0.15) is 5.75 Å². The van der Waals surface area contributed by atoms with Crippen LogP contribution >= 0.6 is 0 Å². The highest BCUT2D eigenvalue weighted by Gasteiger charge is 2.15. The highest BCUT2D eigenvalue weighted by atomic mass is 16.5. The number of aryl methyl sites for hydroxylation is 1. The maximum Gasteiger partial charge on any atom is 0.265 e. The van der Waals surface area contributed by atoms with Gasteiger partial charge < -0.3 is 10.1 Å². The van der Waals surface area contributed by atoms with Crippen molar-refractivity contribution in [2.45, 2.75) is 20.0 Å². The molecule has 0 aliphatic heterocycles. The van der Waals surface area contributed by atoms with Gasteiger partial charge >= 0.3 is 0 Å². The van der Waals surface area contributed by atoms with Crippen LogP contribution in [0.2, 0.25) is 0 Å². The molecule has 0 fully saturated rings. The molecule has 4 heteroatoms. The molecule has 0 saturated heterocycles. The van der Waals surface area contributed by atoms with E-state index in [1.807, 2.05) is 67.6 Å². The number of amides is 1. The number of nitrogens with zero attached hydrogens (tertiary/aromatic N) is 1.